The number of esters is 2. The molecule has 2 rings (SSSR count). The Morgan fingerprint density at radius 3 is 1.88 bits per heavy atom. The van der Waals surface area contributed by atoms with Crippen LogP contribution in [-0.4, -0.2) is 39.6 Å². The number of carbonyl (C=O) groups excluding carboxylic acids is 3. The second-order valence-corrected chi connectivity index (χ2v) is 11.4. The molecule has 0 unspecified atom stereocenters. The number of rotatable bonds is 4. The van der Waals surface area contributed by atoms with Crippen molar-refractivity contribution in [2.45, 2.75) is 97.4 Å². The van der Waals surface area contributed by atoms with E-state index in [2.05, 4.69) is 13.8 Å². The molecular weight excluding hydrogens is 408 g/mol. The summed E-state index contributed by atoms with van der Waals surface area (Å²) in [4.78, 5) is 39.6. The van der Waals surface area contributed by atoms with Gasteiger partial charge in [-0.1, -0.05) is 38.1 Å². The van der Waals surface area contributed by atoms with Crippen LogP contribution in [0.2, 0.25) is 0 Å². The highest BCUT2D eigenvalue weighted by atomic mass is 16.6. The van der Waals surface area contributed by atoms with E-state index in [0.717, 1.165) is 5.56 Å². The van der Waals surface area contributed by atoms with E-state index >= 15 is 0 Å². The van der Waals surface area contributed by atoms with Gasteiger partial charge in [0.1, 0.15) is 17.1 Å². The van der Waals surface area contributed by atoms with E-state index in [-0.39, 0.29) is 6.42 Å². The molecule has 0 amide bonds. The summed E-state index contributed by atoms with van der Waals surface area (Å²) in [6, 6.07) is 7.49. The molecule has 4 atom stereocenters. The summed E-state index contributed by atoms with van der Waals surface area (Å²) >= 11 is 0. The van der Waals surface area contributed by atoms with Crippen molar-refractivity contribution in [3.05, 3.63) is 35.4 Å². The predicted octanol–water partition coefficient (Wildman–Crippen LogP) is 4.53. The monoisotopic (exact) mass is 446 g/mol. The molecule has 0 radical (unpaired) electrons. The highest BCUT2D eigenvalue weighted by Crippen LogP contribution is 2.47. The molecule has 6 nitrogen and oxygen atoms in total. The lowest BCUT2D eigenvalue weighted by Crippen LogP contribution is -2.56. The second kappa shape index (κ2) is 8.97. The lowest BCUT2D eigenvalue weighted by atomic mass is 9.61. The van der Waals surface area contributed by atoms with Crippen LogP contribution in [0.1, 0.15) is 91.7 Å². The number of Topliss-reactive ketones (excluding diaryl/α,β-unsaturated/α-hetero) is 1. The maximum atomic E-state index is 13.3. The zero-order chi connectivity index (χ0) is 24.6. The Bertz CT molecular complexity index is 852. The third-order valence-electron chi connectivity index (χ3n) is 5.58. The van der Waals surface area contributed by atoms with Gasteiger partial charge >= 0.3 is 11.9 Å². The van der Waals surface area contributed by atoms with E-state index in [4.69, 9.17) is 9.47 Å². The van der Waals surface area contributed by atoms with Crippen LogP contribution in [0.3, 0.4) is 0 Å². The molecule has 1 aliphatic carbocycles. The van der Waals surface area contributed by atoms with E-state index in [1.54, 1.807) is 41.5 Å². The van der Waals surface area contributed by atoms with Crippen LogP contribution in [0.25, 0.3) is 0 Å². The fourth-order valence-electron chi connectivity index (χ4n) is 4.25. The minimum Gasteiger partial charge on any atom is -0.460 e. The minimum absolute atomic E-state index is 0.295. The van der Waals surface area contributed by atoms with Crippen LogP contribution in [0.5, 0.6) is 0 Å². The molecule has 178 valence electrons. The molecule has 0 bridgehead atoms. The van der Waals surface area contributed by atoms with Gasteiger partial charge in [-0.25, -0.2) is 0 Å². The number of aliphatic hydroxyl groups is 1. The van der Waals surface area contributed by atoms with Crippen molar-refractivity contribution in [2.75, 3.05) is 0 Å². The van der Waals surface area contributed by atoms with Crippen molar-refractivity contribution < 1.29 is 29.0 Å². The van der Waals surface area contributed by atoms with Crippen LogP contribution < -0.4 is 0 Å². The molecule has 32 heavy (non-hydrogen) atoms. The quantitative estimate of drug-likeness (QED) is 0.540. The summed E-state index contributed by atoms with van der Waals surface area (Å²) in [6.07, 6.45) is -0.332. The summed E-state index contributed by atoms with van der Waals surface area (Å²) in [7, 11) is 0. The number of hydrogen-bond acceptors (Lipinski definition) is 6. The second-order valence-electron chi connectivity index (χ2n) is 11.4. The average molecular weight is 447 g/mol. The summed E-state index contributed by atoms with van der Waals surface area (Å²) in [6.45, 7) is 16.0. The van der Waals surface area contributed by atoms with Gasteiger partial charge in [0.15, 0.2) is 5.78 Å². The maximum absolute atomic E-state index is 13.3. The Balaban J connectivity index is 2.64. The molecule has 1 aliphatic rings. The Morgan fingerprint density at radius 1 is 0.969 bits per heavy atom. The van der Waals surface area contributed by atoms with E-state index in [9.17, 15) is 19.5 Å². The van der Waals surface area contributed by atoms with Crippen molar-refractivity contribution in [1.29, 1.82) is 0 Å². The van der Waals surface area contributed by atoms with Crippen molar-refractivity contribution in [3.8, 4) is 0 Å². The van der Waals surface area contributed by atoms with Crippen LogP contribution in [0, 0.1) is 11.8 Å². The highest BCUT2D eigenvalue weighted by Gasteiger charge is 2.57. The molecule has 1 N–H and O–H groups in total. The minimum atomic E-state index is -1.67. The third-order valence-corrected chi connectivity index (χ3v) is 5.58. The van der Waals surface area contributed by atoms with Gasteiger partial charge < -0.3 is 14.6 Å². The topological polar surface area (TPSA) is 89.9 Å². The first-order valence-electron chi connectivity index (χ1n) is 11.2. The molecule has 6 heteroatoms. The Kier molecular flexibility index (Phi) is 7.30. The number of carbonyl (C=O) groups is 3. The van der Waals surface area contributed by atoms with E-state index < -0.39 is 52.3 Å². The standard InChI is InChI=1S/C26H38O6/c1-15(2)16-10-12-17(13-11-16)19-20(22(28)31-24(3,4)5)18(27)14-26(9,30)21(19)23(29)32-25(6,7)8/h10-13,15,19-21,30H,14H2,1-9H3/t19-,20-,21+,26-/m1/s1. The number of benzene rings is 1. The van der Waals surface area contributed by atoms with Gasteiger partial charge in [-0.2, -0.15) is 0 Å². The zero-order valence-corrected chi connectivity index (χ0v) is 20.8. The van der Waals surface area contributed by atoms with Gasteiger partial charge in [-0.05, 0) is 65.5 Å². The number of hydrogen-bond donors (Lipinski definition) is 1. The SMILES string of the molecule is CC(C)c1ccc([C@@H]2[C@H](C(=O)OC(C)(C)C)C(=O)C[C@@](C)(O)[C@@H]2C(=O)OC(C)(C)C)cc1. The first-order chi connectivity index (χ1) is 14.4. The summed E-state index contributed by atoms with van der Waals surface area (Å²) in [5.41, 5.74) is -1.55. The number of ketones is 1. The molecule has 1 aromatic carbocycles. The van der Waals surface area contributed by atoms with Crippen LogP contribution in [0.15, 0.2) is 24.3 Å². The summed E-state index contributed by atoms with van der Waals surface area (Å²) in [5, 5.41) is 11.2. The third kappa shape index (κ3) is 6.18. The Labute approximate surface area is 191 Å². The Morgan fingerprint density at radius 2 is 1.44 bits per heavy atom. The van der Waals surface area contributed by atoms with Crippen LogP contribution >= 0.6 is 0 Å². The smallest absolute Gasteiger partial charge is 0.317 e. The summed E-state index contributed by atoms with van der Waals surface area (Å²) < 4.78 is 11.2. The van der Waals surface area contributed by atoms with Gasteiger partial charge in [0.25, 0.3) is 0 Å². The van der Waals surface area contributed by atoms with Crippen molar-refractivity contribution in [1.82, 2.24) is 0 Å². The first-order valence-corrected chi connectivity index (χ1v) is 11.2. The maximum Gasteiger partial charge on any atom is 0.317 e. The fourth-order valence-corrected chi connectivity index (χ4v) is 4.25. The molecule has 0 spiro atoms. The molecule has 0 saturated heterocycles. The molecule has 0 aliphatic heterocycles. The Hall–Kier alpha value is -2.21. The van der Waals surface area contributed by atoms with Crippen molar-refractivity contribution in [3.63, 3.8) is 0 Å². The van der Waals surface area contributed by atoms with Crippen molar-refractivity contribution in [2.24, 2.45) is 11.8 Å². The van der Waals surface area contributed by atoms with Gasteiger partial charge in [0.2, 0.25) is 0 Å². The average Bonchev–Trinajstić information content (AvgIpc) is 2.56. The van der Waals surface area contributed by atoms with E-state index in [1.807, 2.05) is 24.3 Å². The lowest BCUT2D eigenvalue weighted by molar-refractivity contribution is -0.182. The fraction of sp³-hybridized carbons (Fsp3) is 0.654. The van der Waals surface area contributed by atoms with Gasteiger partial charge in [-0.15, -0.1) is 0 Å². The number of ether oxygens (including phenoxy) is 2. The molecule has 0 aromatic heterocycles. The van der Waals surface area contributed by atoms with E-state index in [1.165, 1.54) is 6.92 Å². The van der Waals surface area contributed by atoms with Gasteiger partial charge in [0.05, 0.1) is 11.5 Å². The molecular formula is C26H38O6. The largest absolute Gasteiger partial charge is 0.460 e. The van der Waals surface area contributed by atoms with Crippen LogP contribution in [-0.2, 0) is 23.9 Å². The predicted molar refractivity (Wildman–Crippen MR) is 122 cm³/mol. The first kappa shape index (κ1) is 26.0. The summed E-state index contributed by atoms with van der Waals surface area (Å²) in [5.74, 6) is -4.70. The zero-order valence-electron chi connectivity index (χ0n) is 20.8. The highest BCUT2D eigenvalue weighted by molar-refractivity contribution is 6.03. The molecule has 1 fully saturated rings. The molecule has 0 heterocycles. The van der Waals surface area contributed by atoms with Gasteiger partial charge in [-0.3, -0.25) is 14.4 Å². The normalized spacial score (nSPS) is 26.7. The van der Waals surface area contributed by atoms with E-state index in [0.29, 0.717) is 11.5 Å². The molecule has 1 aromatic rings. The lowest BCUT2D eigenvalue weighted by Gasteiger charge is -2.44. The van der Waals surface area contributed by atoms with Gasteiger partial charge in [0, 0.05) is 12.3 Å². The van der Waals surface area contributed by atoms with Crippen molar-refractivity contribution >= 4 is 17.7 Å². The molecule has 1 saturated carbocycles. The van der Waals surface area contributed by atoms with Crippen LogP contribution in [0.4, 0.5) is 0 Å².